The van der Waals surface area contributed by atoms with Gasteiger partial charge in [-0.3, -0.25) is 4.90 Å². The van der Waals surface area contributed by atoms with Crippen molar-refractivity contribution < 1.29 is 8.42 Å². The summed E-state index contributed by atoms with van der Waals surface area (Å²) < 4.78 is 28.3. The largest absolute Gasteiger partial charge is 0.299 e. The van der Waals surface area contributed by atoms with Crippen LogP contribution in [0, 0.1) is 13.8 Å². The zero-order chi connectivity index (χ0) is 18.6. The van der Waals surface area contributed by atoms with Crippen molar-refractivity contribution in [2.24, 2.45) is 0 Å². The lowest BCUT2D eigenvalue weighted by Crippen LogP contribution is -2.30. The van der Waals surface area contributed by atoms with E-state index in [0.717, 1.165) is 36.3 Å². The van der Waals surface area contributed by atoms with E-state index in [0.29, 0.717) is 11.4 Å². The summed E-state index contributed by atoms with van der Waals surface area (Å²) in [7, 11) is -3.53. The Hall–Kier alpha value is -1.69. The van der Waals surface area contributed by atoms with Crippen molar-refractivity contribution in [1.82, 2.24) is 9.62 Å². The molecule has 0 aliphatic carbocycles. The molecule has 0 bridgehead atoms. The van der Waals surface area contributed by atoms with Crippen LogP contribution >= 0.6 is 0 Å². The molecule has 5 heteroatoms. The van der Waals surface area contributed by atoms with Gasteiger partial charge in [0.05, 0.1) is 4.90 Å². The first kappa shape index (κ1) is 19.1. The van der Waals surface area contributed by atoms with Crippen LogP contribution in [0.3, 0.4) is 0 Å². The van der Waals surface area contributed by atoms with Crippen molar-refractivity contribution >= 4 is 10.0 Å². The molecule has 4 nitrogen and oxygen atoms in total. The number of likely N-dealkylation sites (tertiary alicyclic amines) is 1. The summed E-state index contributed by atoms with van der Waals surface area (Å²) >= 11 is 0. The molecule has 2 aromatic carbocycles. The summed E-state index contributed by atoms with van der Waals surface area (Å²) in [5.74, 6) is 0. The highest BCUT2D eigenvalue weighted by atomic mass is 32.2. The standard InChI is InChI=1S/C21H28N2O2S/c1-17-10-11-18(2)21(14-17)26(24,25)22-15-19-8-4-5-9-20(19)16-23-12-6-3-7-13-23/h4-5,8-11,14,22H,3,6-7,12-13,15-16H2,1-2H3. The second-order valence-electron chi connectivity index (χ2n) is 7.20. The van der Waals surface area contributed by atoms with Crippen molar-refractivity contribution in [2.45, 2.75) is 51.1 Å². The van der Waals surface area contributed by atoms with Crippen LogP contribution in [0.5, 0.6) is 0 Å². The minimum atomic E-state index is -3.53. The van der Waals surface area contributed by atoms with E-state index in [9.17, 15) is 8.42 Å². The summed E-state index contributed by atoms with van der Waals surface area (Å²) in [5.41, 5.74) is 3.97. The number of sulfonamides is 1. The van der Waals surface area contributed by atoms with Gasteiger partial charge in [0.25, 0.3) is 0 Å². The second kappa shape index (κ2) is 8.33. The Kier molecular flexibility index (Phi) is 6.12. The van der Waals surface area contributed by atoms with Gasteiger partial charge in [0, 0.05) is 13.1 Å². The van der Waals surface area contributed by atoms with Crippen LogP contribution in [0.2, 0.25) is 0 Å². The smallest absolute Gasteiger partial charge is 0.241 e. The van der Waals surface area contributed by atoms with Gasteiger partial charge in [-0.2, -0.15) is 0 Å². The quantitative estimate of drug-likeness (QED) is 0.840. The zero-order valence-electron chi connectivity index (χ0n) is 15.7. The van der Waals surface area contributed by atoms with Gasteiger partial charge in [0.1, 0.15) is 0 Å². The maximum Gasteiger partial charge on any atom is 0.241 e. The Morgan fingerprint density at radius 1 is 0.962 bits per heavy atom. The molecule has 0 atom stereocenters. The van der Waals surface area contributed by atoms with Crippen molar-refractivity contribution in [3.63, 3.8) is 0 Å². The number of hydrogen-bond acceptors (Lipinski definition) is 3. The first-order chi connectivity index (χ1) is 12.5. The fraction of sp³-hybridized carbons (Fsp3) is 0.429. The number of nitrogens with zero attached hydrogens (tertiary/aromatic N) is 1. The molecule has 2 aromatic rings. The van der Waals surface area contributed by atoms with E-state index >= 15 is 0 Å². The van der Waals surface area contributed by atoms with Crippen LogP contribution in [0.15, 0.2) is 47.4 Å². The third kappa shape index (κ3) is 4.72. The lowest BCUT2D eigenvalue weighted by atomic mass is 10.1. The third-order valence-electron chi connectivity index (χ3n) is 5.05. The second-order valence-corrected chi connectivity index (χ2v) is 8.93. The van der Waals surface area contributed by atoms with Crippen molar-refractivity contribution in [2.75, 3.05) is 13.1 Å². The number of rotatable bonds is 6. The summed E-state index contributed by atoms with van der Waals surface area (Å²) in [5, 5.41) is 0. The van der Waals surface area contributed by atoms with Gasteiger partial charge in [-0.05, 0) is 68.1 Å². The topological polar surface area (TPSA) is 49.4 Å². The lowest BCUT2D eigenvalue weighted by Gasteiger charge is -2.27. The molecule has 0 saturated carbocycles. The highest BCUT2D eigenvalue weighted by molar-refractivity contribution is 7.89. The molecular formula is C21H28N2O2S. The molecule has 1 fully saturated rings. The molecule has 1 aliphatic heterocycles. The normalized spacial score (nSPS) is 15.9. The molecule has 3 rings (SSSR count). The van der Waals surface area contributed by atoms with Gasteiger partial charge in [-0.1, -0.05) is 42.8 Å². The van der Waals surface area contributed by atoms with E-state index < -0.39 is 10.0 Å². The van der Waals surface area contributed by atoms with Crippen molar-refractivity contribution in [3.05, 3.63) is 64.7 Å². The fourth-order valence-electron chi connectivity index (χ4n) is 3.49. The van der Waals surface area contributed by atoms with E-state index in [4.69, 9.17) is 0 Å². The number of piperidine rings is 1. The molecule has 1 aliphatic rings. The van der Waals surface area contributed by atoms with E-state index in [1.165, 1.54) is 24.8 Å². The van der Waals surface area contributed by atoms with Crippen LogP contribution in [-0.4, -0.2) is 26.4 Å². The van der Waals surface area contributed by atoms with Crippen molar-refractivity contribution in [1.29, 1.82) is 0 Å². The molecule has 26 heavy (non-hydrogen) atoms. The fourth-order valence-corrected chi connectivity index (χ4v) is 4.82. The maximum absolute atomic E-state index is 12.8. The predicted octanol–water partition coefficient (Wildman–Crippen LogP) is 3.77. The Morgan fingerprint density at radius 2 is 1.65 bits per heavy atom. The maximum atomic E-state index is 12.8. The minimum absolute atomic E-state index is 0.319. The SMILES string of the molecule is Cc1ccc(C)c(S(=O)(=O)NCc2ccccc2CN2CCCCC2)c1. The lowest BCUT2D eigenvalue weighted by molar-refractivity contribution is 0.220. The average Bonchev–Trinajstić information content (AvgIpc) is 2.64. The molecule has 0 amide bonds. The van der Waals surface area contributed by atoms with Crippen LogP contribution in [-0.2, 0) is 23.1 Å². The molecule has 0 radical (unpaired) electrons. The number of nitrogens with one attached hydrogen (secondary N) is 1. The van der Waals surface area contributed by atoms with Gasteiger partial charge < -0.3 is 0 Å². The van der Waals surface area contributed by atoms with E-state index in [1.54, 1.807) is 6.07 Å². The van der Waals surface area contributed by atoms with Gasteiger partial charge in [-0.25, -0.2) is 13.1 Å². The molecule has 1 saturated heterocycles. The highest BCUT2D eigenvalue weighted by Gasteiger charge is 2.18. The van der Waals surface area contributed by atoms with E-state index in [2.05, 4.69) is 15.7 Å². The molecule has 0 aromatic heterocycles. The summed E-state index contributed by atoms with van der Waals surface area (Å²) in [6, 6.07) is 13.7. The Morgan fingerprint density at radius 3 is 2.38 bits per heavy atom. The zero-order valence-corrected chi connectivity index (χ0v) is 16.5. The summed E-state index contributed by atoms with van der Waals surface area (Å²) in [6.45, 7) is 7.21. The Balaban J connectivity index is 1.74. The van der Waals surface area contributed by atoms with Crippen molar-refractivity contribution in [3.8, 4) is 0 Å². The molecule has 1 heterocycles. The highest BCUT2D eigenvalue weighted by Crippen LogP contribution is 2.19. The predicted molar refractivity (Wildman–Crippen MR) is 106 cm³/mol. The van der Waals surface area contributed by atoms with E-state index in [-0.39, 0.29) is 0 Å². The first-order valence-electron chi connectivity index (χ1n) is 9.32. The van der Waals surface area contributed by atoms with Crippen LogP contribution < -0.4 is 4.72 Å². The van der Waals surface area contributed by atoms with Gasteiger partial charge in [-0.15, -0.1) is 0 Å². The molecule has 0 unspecified atom stereocenters. The monoisotopic (exact) mass is 372 g/mol. The van der Waals surface area contributed by atoms with Gasteiger partial charge >= 0.3 is 0 Å². The number of hydrogen-bond donors (Lipinski definition) is 1. The Bertz CT molecular complexity index is 856. The van der Waals surface area contributed by atoms with E-state index in [1.807, 2.05) is 44.2 Å². The van der Waals surface area contributed by atoms with Crippen LogP contribution in [0.25, 0.3) is 0 Å². The Labute approximate surface area is 157 Å². The minimum Gasteiger partial charge on any atom is -0.299 e. The average molecular weight is 373 g/mol. The summed E-state index contributed by atoms with van der Waals surface area (Å²) in [6.07, 6.45) is 3.82. The summed E-state index contributed by atoms with van der Waals surface area (Å²) in [4.78, 5) is 2.83. The van der Waals surface area contributed by atoms with Gasteiger partial charge in [0.2, 0.25) is 10.0 Å². The van der Waals surface area contributed by atoms with Crippen LogP contribution in [0.1, 0.15) is 41.5 Å². The van der Waals surface area contributed by atoms with Crippen LogP contribution in [0.4, 0.5) is 0 Å². The first-order valence-corrected chi connectivity index (χ1v) is 10.8. The number of benzene rings is 2. The molecule has 1 N–H and O–H groups in total. The van der Waals surface area contributed by atoms with Gasteiger partial charge in [0.15, 0.2) is 0 Å². The molecule has 0 spiro atoms. The number of aryl methyl sites for hydroxylation is 2. The third-order valence-corrected chi connectivity index (χ3v) is 6.59. The molecule has 140 valence electrons. The molecular weight excluding hydrogens is 344 g/mol.